The molecular formula is C12H6O12. The van der Waals surface area contributed by atoms with Crippen molar-refractivity contribution in [2.24, 2.45) is 0 Å². The Kier molecular flexibility index (Phi) is 4.55. The topological polar surface area (TPSA) is 224 Å². The largest absolute Gasteiger partial charge is 0.478 e. The molecule has 0 saturated heterocycles. The summed E-state index contributed by atoms with van der Waals surface area (Å²) in [4.78, 5) is 67.3. The van der Waals surface area contributed by atoms with Gasteiger partial charge >= 0.3 is 35.8 Å². The molecule has 0 aliphatic heterocycles. The maximum atomic E-state index is 11.2. The molecule has 1 aromatic carbocycles. The SMILES string of the molecule is O=C(O)c1c(C(=O)O)c(C(=O)O)c(C(=O)O)c(C(=O)O)c1C(=O)O. The van der Waals surface area contributed by atoms with Crippen molar-refractivity contribution in [1.29, 1.82) is 0 Å². The van der Waals surface area contributed by atoms with Crippen molar-refractivity contribution in [2.75, 3.05) is 0 Å². The third-order valence-corrected chi connectivity index (χ3v) is 2.78. The first-order valence-electron chi connectivity index (χ1n) is 5.57. The van der Waals surface area contributed by atoms with Gasteiger partial charge in [0.1, 0.15) is 0 Å². The van der Waals surface area contributed by atoms with Crippen molar-refractivity contribution in [2.45, 2.75) is 0 Å². The van der Waals surface area contributed by atoms with Crippen LogP contribution in [-0.4, -0.2) is 66.5 Å². The molecule has 0 radical (unpaired) electrons. The van der Waals surface area contributed by atoms with Gasteiger partial charge in [-0.3, -0.25) is 0 Å². The van der Waals surface area contributed by atoms with E-state index in [1.807, 2.05) is 0 Å². The zero-order chi connectivity index (χ0) is 18.9. The summed E-state index contributed by atoms with van der Waals surface area (Å²) in [6.45, 7) is 0. The van der Waals surface area contributed by atoms with Crippen molar-refractivity contribution >= 4 is 35.8 Å². The van der Waals surface area contributed by atoms with Gasteiger partial charge in [-0.1, -0.05) is 0 Å². The fourth-order valence-electron chi connectivity index (χ4n) is 2.03. The summed E-state index contributed by atoms with van der Waals surface area (Å²) in [6, 6.07) is 0. The Balaban J connectivity index is 4.50. The molecule has 0 aliphatic carbocycles. The lowest BCUT2D eigenvalue weighted by Crippen LogP contribution is -2.27. The van der Waals surface area contributed by atoms with E-state index in [1.54, 1.807) is 0 Å². The molecule has 0 heterocycles. The first-order chi connectivity index (χ1) is 10.9. The average molecular weight is 342 g/mol. The molecule has 12 heteroatoms. The molecule has 0 saturated carbocycles. The molecule has 126 valence electrons. The minimum Gasteiger partial charge on any atom is -0.478 e. The van der Waals surface area contributed by atoms with Gasteiger partial charge in [0.25, 0.3) is 0 Å². The second kappa shape index (κ2) is 6.04. The third-order valence-electron chi connectivity index (χ3n) is 2.78. The minimum atomic E-state index is -2.26. The van der Waals surface area contributed by atoms with Crippen LogP contribution in [0, 0.1) is 0 Å². The Labute approximate surface area is 129 Å². The van der Waals surface area contributed by atoms with Crippen LogP contribution in [0.5, 0.6) is 0 Å². The fraction of sp³-hybridized carbons (Fsp3) is 0. The first kappa shape index (κ1) is 18.1. The fourth-order valence-corrected chi connectivity index (χ4v) is 2.03. The van der Waals surface area contributed by atoms with E-state index in [9.17, 15) is 28.8 Å². The first-order valence-corrected chi connectivity index (χ1v) is 5.57. The van der Waals surface area contributed by atoms with Gasteiger partial charge < -0.3 is 30.6 Å². The highest BCUT2D eigenvalue weighted by Gasteiger charge is 2.40. The number of benzene rings is 1. The number of carboxylic acids is 6. The molecular weight excluding hydrogens is 336 g/mol. The summed E-state index contributed by atoms with van der Waals surface area (Å²) in [7, 11) is 0. The van der Waals surface area contributed by atoms with E-state index in [0.717, 1.165) is 0 Å². The van der Waals surface area contributed by atoms with Gasteiger partial charge in [-0.25, -0.2) is 28.8 Å². The monoisotopic (exact) mass is 342 g/mol. The van der Waals surface area contributed by atoms with E-state index in [-0.39, 0.29) is 0 Å². The molecule has 0 spiro atoms. The van der Waals surface area contributed by atoms with Gasteiger partial charge in [0, 0.05) is 0 Å². The molecule has 0 fully saturated rings. The molecule has 1 aromatic rings. The highest BCUT2D eigenvalue weighted by molar-refractivity contribution is 6.22. The average Bonchev–Trinajstić information content (AvgIpc) is 2.42. The Morgan fingerprint density at radius 1 is 0.333 bits per heavy atom. The summed E-state index contributed by atoms with van der Waals surface area (Å²) in [5.74, 6) is -13.5. The minimum absolute atomic E-state index is 1.66. The maximum absolute atomic E-state index is 11.2. The maximum Gasteiger partial charge on any atom is 0.337 e. The molecule has 0 atom stereocenters. The lowest BCUT2D eigenvalue weighted by atomic mass is 9.86. The summed E-state index contributed by atoms with van der Waals surface area (Å²) < 4.78 is 0. The van der Waals surface area contributed by atoms with Crippen LogP contribution in [-0.2, 0) is 0 Å². The number of hydrogen-bond acceptors (Lipinski definition) is 6. The number of carboxylic acid groups (broad SMARTS) is 6. The normalized spacial score (nSPS) is 10.0. The molecule has 0 bridgehead atoms. The predicted octanol–water partition coefficient (Wildman–Crippen LogP) is -0.124. The quantitative estimate of drug-likeness (QED) is 0.397. The summed E-state index contributed by atoms with van der Waals surface area (Å²) in [6.07, 6.45) is 0. The summed E-state index contributed by atoms with van der Waals surface area (Å²) in [5, 5.41) is 54.2. The third kappa shape index (κ3) is 2.70. The molecule has 0 aromatic heterocycles. The van der Waals surface area contributed by atoms with Crippen LogP contribution in [0.25, 0.3) is 0 Å². The van der Waals surface area contributed by atoms with Crippen molar-refractivity contribution in [3.8, 4) is 0 Å². The van der Waals surface area contributed by atoms with Crippen LogP contribution in [0.2, 0.25) is 0 Å². The number of hydrogen-bond donors (Lipinski definition) is 6. The van der Waals surface area contributed by atoms with E-state index in [0.29, 0.717) is 0 Å². The second-order valence-corrected chi connectivity index (χ2v) is 4.08. The molecule has 6 N–H and O–H groups in total. The number of rotatable bonds is 6. The van der Waals surface area contributed by atoms with Crippen LogP contribution in [0.1, 0.15) is 62.1 Å². The smallest absolute Gasteiger partial charge is 0.337 e. The zero-order valence-electron chi connectivity index (χ0n) is 11.1. The Bertz CT molecular complexity index is 633. The predicted molar refractivity (Wildman–Crippen MR) is 68.2 cm³/mol. The van der Waals surface area contributed by atoms with Crippen molar-refractivity contribution in [3.63, 3.8) is 0 Å². The van der Waals surface area contributed by atoms with Crippen LogP contribution in [0.4, 0.5) is 0 Å². The van der Waals surface area contributed by atoms with Gasteiger partial charge in [0.05, 0.1) is 33.4 Å². The van der Waals surface area contributed by atoms with Crippen molar-refractivity contribution < 1.29 is 59.4 Å². The standard InChI is InChI=1S/C12H6O12/c13-7(14)1-2(8(15)16)4(10(19)20)6(12(23)24)5(11(21)22)3(1)9(17)18/h(H,13,14)(H,15,16)(H,17,18)(H,19,20)(H,21,22)(H,23,24). The lowest BCUT2D eigenvalue weighted by molar-refractivity contribution is 0.0592. The Morgan fingerprint density at radius 2 is 0.417 bits per heavy atom. The summed E-state index contributed by atoms with van der Waals surface area (Å²) >= 11 is 0. The molecule has 0 amide bonds. The highest BCUT2D eigenvalue weighted by Crippen LogP contribution is 2.30. The second-order valence-electron chi connectivity index (χ2n) is 4.08. The van der Waals surface area contributed by atoms with Gasteiger partial charge in [0.2, 0.25) is 0 Å². The van der Waals surface area contributed by atoms with Crippen LogP contribution in [0.15, 0.2) is 0 Å². The Hall–Kier alpha value is -3.96. The molecule has 24 heavy (non-hydrogen) atoms. The van der Waals surface area contributed by atoms with E-state index in [2.05, 4.69) is 0 Å². The molecule has 0 unspecified atom stereocenters. The van der Waals surface area contributed by atoms with Crippen LogP contribution < -0.4 is 0 Å². The van der Waals surface area contributed by atoms with Gasteiger partial charge in [-0.05, 0) is 0 Å². The van der Waals surface area contributed by atoms with E-state index < -0.39 is 69.2 Å². The molecule has 0 aliphatic rings. The van der Waals surface area contributed by atoms with Crippen LogP contribution in [0.3, 0.4) is 0 Å². The van der Waals surface area contributed by atoms with Gasteiger partial charge in [-0.2, -0.15) is 0 Å². The van der Waals surface area contributed by atoms with Crippen molar-refractivity contribution in [1.82, 2.24) is 0 Å². The highest BCUT2D eigenvalue weighted by atomic mass is 16.4. The van der Waals surface area contributed by atoms with E-state index in [4.69, 9.17) is 30.6 Å². The van der Waals surface area contributed by atoms with E-state index in [1.165, 1.54) is 0 Å². The number of aromatic carboxylic acids is 6. The zero-order valence-corrected chi connectivity index (χ0v) is 11.1. The molecule has 1 rings (SSSR count). The summed E-state index contributed by atoms with van der Waals surface area (Å²) in [5.41, 5.74) is -9.95. The molecule has 12 nitrogen and oxygen atoms in total. The lowest BCUT2D eigenvalue weighted by Gasteiger charge is -2.15. The number of carbonyl (C=O) groups is 6. The van der Waals surface area contributed by atoms with Gasteiger partial charge in [-0.15, -0.1) is 0 Å². The van der Waals surface area contributed by atoms with Crippen LogP contribution >= 0.6 is 0 Å². The Morgan fingerprint density at radius 3 is 0.458 bits per heavy atom. The van der Waals surface area contributed by atoms with Gasteiger partial charge in [0.15, 0.2) is 0 Å². The van der Waals surface area contributed by atoms with Crippen molar-refractivity contribution in [3.05, 3.63) is 33.4 Å². The van der Waals surface area contributed by atoms with E-state index >= 15 is 0 Å².